The number of aromatic nitrogens is 1. The number of carbonyl (C=O) groups excluding carboxylic acids is 1. The number of nitrogens with zero attached hydrogens (tertiary/aromatic N) is 3. The van der Waals surface area contributed by atoms with Gasteiger partial charge in [0.25, 0.3) is 5.91 Å². The van der Waals surface area contributed by atoms with Crippen molar-refractivity contribution in [3.63, 3.8) is 0 Å². The van der Waals surface area contributed by atoms with Crippen molar-refractivity contribution in [3.05, 3.63) is 94.8 Å². The lowest BCUT2D eigenvalue weighted by molar-refractivity contribution is 0.0473. The summed E-state index contributed by atoms with van der Waals surface area (Å²) in [5, 5.41) is 10.0. The Balaban J connectivity index is 1.38. The molecule has 2 aliphatic heterocycles. The van der Waals surface area contributed by atoms with Gasteiger partial charge in [-0.1, -0.05) is 30.3 Å². The molecule has 7 nitrogen and oxygen atoms in total. The number of rotatable bonds is 3. The Morgan fingerprint density at radius 3 is 2.78 bits per heavy atom. The summed E-state index contributed by atoms with van der Waals surface area (Å²) >= 11 is 0. The van der Waals surface area contributed by atoms with E-state index in [0.717, 1.165) is 49.5 Å². The van der Waals surface area contributed by atoms with Crippen LogP contribution in [-0.2, 0) is 24.2 Å². The molecule has 3 heterocycles. The number of amides is 1. The van der Waals surface area contributed by atoms with Gasteiger partial charge in [-0.3, -0.25) is 14.7 Å². The molecule has 1 fully saturated rings. The number of β-amino-alcohol motifs (C(OH)–C–C–N with tert-alkyl or cyclic N) is 1. The third-order valence-electron chi connectivity index (χ3n) is 6.93. The van der Waals surface area contributed by atoms with Gasteiger partial charge in [0.1, 0.15) is 12.4 Å². The maximum atomic E-state index is 13.2. The molecule has 1 amide bonds. The molecule has 0 radical (unpaired) electrons. The number of piperidine rings is 1. The summed E-state index contributed by atoms with van der Waals surface area (Å²) in [6.07, 6.45) is 3.62. The SMILES string of the molecule is O=C(c1ccc2c(c1)Cc1cccc(c1)CN(Cc1ccccn1)CCOCCO2)N1CCCC(O)C1. The van der Waals surface area contributed by atoms with Gasteiger partial charge in [0.2, 0.25) is 0 Å². The fourth-order valence-corrected chi connectivity index (χ4v) is 5.07. The van der Waals surface area contributed by atoms with E-state index in [-0.39, 0.29) is 5.91 Å². The van der Waals surface area contributed by atoms with Gasteiger partial charge in [0.15, 0.2) is 0 Å². The second-order valence-electron chi connectivity index (χ2n) is 9.86. The number of aliphatic hydroxyl groups is 1. The summed E-state index contributed by atoms with van der Waals surface area (Å²) in [6, 6.07) is 20.3. The molecule has 5 rings (SSSR count). The molecule has 1 N–H and O–H groups in total. The van der Waals surface area contributed by atoms with E-state index in [1.807, 2.05) is 36.5 Å². The number of benzene rings is 2. The van der Waals surface area contributed by atoms with Gasteiger partial charge in [-0.05, 0) is 59.9 Å². The first kappa shape index (κ1) is 25.4. The second-order valence-corrected chi connectivity index (χ2v) is 9.86. The summed E-state index contributed by atoms with van der Waals surface area (Å²) in [4.78, 5) is 21.8. The molecule has 2 aliphatic rings. The molecule has 0 spiro atoms. The molecule has 0 saturated carbocycles. The Morgan fingerprint density at radius 1 is 1.00 bits per heavy atom. The standard InChI is InChI=1S/C30H35N3O4/c34-28-8-4-12-33(22-28)30(35)25-9-10-29-26(19-25)18-23-5-3-6-24(17-23)20-32(13-14-36-15-16-37-29)21-27-7-1-2-11-31-27/h1-3,5-7,9-11,17,19,28,34H,4,8,12-16,18,20-22H2. The molecule has 1 unspecified atom stereocenters. The molecule has 37 heavy (non-hydrogen) atoms. The minimum Gasteiger partial charge on any atom is -0.491 e. The highest BCUT2D eigenvalue weighted by Crippen LogP contribution is 2.26. The number of carbonyl (C=O) groups is 1. The van der Waals surface area contributed by atoms with E-state index in [4.69, 9.17) is 9.47 Å². The summed E-state index contributed by atoms with van der Waals surface area (Å²) in [6.45, 7) is 4.97. The summed E-state index contributed by atoms with van der Waals surface area (Å²) in [7, 11) is 0. The number of hydrogen-bond donors (Lipinski definition) is 1. The van der Waals surface area contributed by atoms with E-state index in [1.165, 1.54) is 11.1 Å². The maximum absolute atomic E-state index is 13.2. The zero-order valence-electron chi connectivity index (χ0n) is 21.2. The van der Waals surface area contributed by atoms with Crippen LogP contribution < -0.4 is 4.74 Å². The van der Waals surface area contributed by atoms with Crippen molar-refractivity contribution >= 4 is 5.91 Å². The molecule has 0 aliphatic carbocycles. The largest absolute Gasteiger partial charge is 0.491 e. The van der Waals surface area contributed by atoms with Crippen molar-refractivity contribution in [2.75, 3.05) is 39.5 Å². The summed E-state index contributed by atoms with van der Waals surface area (Å²) < 4.78 is 12.0. The van der Waals surface area contributed by atoms with Gasteiger partial charge in [-0.15, -0.1) is 0 Å². The average molecular weight is 502 g/mol. The number of fused-ring (bicyclic) bond motifs is 3. The highest BCUT2D eigenvalue weighted by Gasteiger charge is 2.24. The van der Waals surface area contributed by atoms with E-state index in [0.29, 0.717) is 44.9 Å². The highest BCUT2D eigenvalue weighted by molar-refractivity contribution is 5.94. The van der Waals surface area contributed by atoms with Crippen LogP contribution in [0.1, 0.15) is 45.6 Å². The molecule has 7 heteroatoms. The van der Waals surface area contributed by atoms with Crippen LogP contribution in [-0.4, -0.2) is 71.4 Å². The minimum atomic E-state index is -0.446. The summed E-state index contributed by atoms with van der Waals surface area (Å²) in [5.41, 5.74) is 5.04. The molecule has 3 aromatic rings. The van der Waals surface area contributed by atoms with Crippen LogP contribution >= 0.6 is 0 Å². The normalized spacial score (nSPS) is 19.4. The van der Waals surface area contributed by atoms with Crippen LogP contribution in [0, 0.1) is 0 Å². The molecule has 1 atom stereocenters. The Bertz CT molecular complexity index is 1190. The molecule has 2 aromatic carbocycles. The molecular weight excluding hydrogens is 466 g/mol. The summed E-state index contributed by atoms with van der Waals surface area (Å²) in [5.74, 6) is 0.737. The monoisotopic (exact) mass is 501 g/mol. The van der Waals surface area contributed by atoms with Gasteiger partial charge in [0, 0.05) is 50.9 Å². The first-order chi connectivity index (χ1) is 18.1. The Hall–Kier alpha value is -3.26. The third-order valence-corrected chi connectivity index (χ3v) is 6.93. The van der Waals surface area contributed by atoms with Gasteiger partial charge in [-0.2, -0.15) is 0 Å². The van der Waals surface area contributed by atoms with Gasteiger partial charge in [-0.25, -0.2) is 0 Å². The highest BCUT2D eigenvalue weighted by atomic mass is 16.5. The van der Waals surface area contributed by atoms with E-state index in [2.05, 4.69) is 40.2 Å². The maximum Gasteiger partial charge on any atom is 0.253 e. The van der Waals surface area contributed by atoms with Gasteiger partial charge >= 0.3 is 0 Å². The van der Waals surface area contributed by atoms with Crippen LogP contribution in [0.3, 0.4) is 0 Å². The van der Waals surface area contributed by atoms with E-state index >= 15 is 0 Å². The van der Waals surface area contributed by atoms with Crippen LogP contribution in [0.5, 0.6) is 5.75 Å². The first-order valence-corrected chi connectivity index (χ1v) is 13.1. The van der Waals surface area contributed by atoms with Crippen molar-refractivity contribution in [2.45, 2.75) is 38.5 Å². The number of aliphatic hydroxyl groups excluding tert-OH is 1. The van der Waals surface area contributed by atoms with E-state index in [9.17, 15) is 9.90 Å². The predicted molar refractivity (Wildman–Crippen MR) is 141 cm³/mol. The van der Waals surface area contributed by atoms with E-state index in [1.54, 1.807) is 4.90 Å². The number of ether oxygens (including phenoxy) is 2. The third kappa shape index (κ3) is 6.95. The number of likely N-dealkylation sites (tertiary alicyclic amines) is 1. The van der Waals surface area contributed by atoms with Crippen LogP contribution in [0.2, 0.25) is 0 Å². The smallest absolute Gasteiger partial charge is 0.253 e. The number of hydrogen-bond acceptors (Lipinski definition) is 6. The first-order valence-electron chi connectivity index (χ1n) is 13.1. The molecule has 1 aromatic heterocycles. The Morgan fingerprint density at radius 2 is 1.92 bits per heavy atom. The Kier molecular flexibility index (Phi) is 8.46. The van der Waals surface area contributed by atoms with Crippen molar-refractivity contribution in [1.29, 1.82) is 0 Å². The van der Waals surface area contributed by atoms with Gasteiger partial charge < -0.3 is 19.5 Å². The molecule has 2 bridgehead atoms. The van der Waals surface area contributed by atoms with E-state index < -0.39 is 6.10 Å². The molecule has 194 valence electrons. The fraction of sp³-hybridized carbons (Fsp3) is 0.400. The van der Waals surface area contributed by atoms with Crippen molar-refractivity contribution in [1.82, 2.24) is 14.8 Å². The van der Waals surface area contributed by atoms with Crippen LogP contribution in [0.25, 0.3) is 0 Å². The lowest BCUT2D eigenvalue weighted by atomic mass is 9.99. The van der Waals surface area contributed by atoms with Crippen molar-refractivity contribution < 1.29 is 19.4 Å². The second kappa shape index (κ2) is 12.3. The van der Waals surface area contributed by atoms with Crippen molar-refractivity contribution in [2.24, 2.45) is 0 Å². The topological polar surface area (TPSA) is 75.1 Å². The van der Waals surface area contributed by atoms with Gasteiger partial charge in [0.05, 0.1) is 25.0 Å². The van der Waals surface area contributed by atoms with Crippen molar-refractivity contribution in [3.8, 4) is 5.75 Å². The van der Waals surface area contributed by atoms with Crippen LogP contribution in [0.15, 0.2) is 66.9 Å². The fourth-order valence-electron chi connectivity index (χ4n) is 5.07. The molecular formula is C30H35N3O4. The predicted octanol–water partition coefficient (Wildman–Crippen LogP) is 3.68. The Labute approximate surface area is 218 Å². The quantitative estimate of drug-likeness (QED) is 0.590. The zero-order chi connectivity index (χ0) is 25.5. The zero-order valence-corrected chi connectivity index (χ0v) is 21.2. The lowest BCUT2D eigenvalue weighted by Gasteiger charge is -2.30. The van der Waals surface area contributed by atoms with Crippen LogP contribution in [0.4, 0.5) is 0 Å². The number of pyridine rings is 1. The molecule has 1 saturated heterocycles. The average Bonchev–Trinajstić information content (AvgIpc) is 2.91. The lowest BCUT2D eigenvalue weighted by Crippen LogP contribution is -2.42. The minimum absolute atomic E-state index is 0.0387.